The Morgan fingerprint density at radius 3 is 2.79 bits per heavy atom. The van der Waals surface area contributed by atoms with Crippen molar-refractivity contribution in [2.24, 2.45) is 0 Å². The molecule has 2 heterocycles. The summed E-state index contributed by atoms with van der Waals surface area (Å²) in [5.74, 6) is -1.34. The molecule has 1 aliphatic rings. The van der Waals surface area contributed by atoms with Gasteiger partial charge in [-0.3, -0.25) is 14.5 Å². The van der Waals surface area contributed by atoms with E-state index in [0.29, 0.717) is 16.3 Å². The van der Waals surface area contributed by atoms with E-state index in [1.165, 1.54) is 26.0 Å². The second-order valence-electron chi connectivity index (χ2n) is 6.29. The predicted molar refractivity (Wildman–Crippen MR) is 103 cm³/mol. The molecule has 146 valence electrons. The molecule has 3 rings (SSSR count). The first kappa shape index (κ1) is 19.6. The van der Waals surface area contributed by atoms with Gasteiger partial charge >= 0.3 is 5.82 Å². The highest BCUT2D eigenvalue weighted by Gasteiger charge is 2.41. The van der Waals surface area contributed by atoms with Crippen molar-refractivity contribution in [1.29, 1.82) is 0 Å². The molecule has 2 atom stereocenters. The van der Waals surface area contributed by atoms with Gasteiger partial charge in [-0.25, -0.2) is 0 Å². The van der Waals surface area contributed by atoms with Crippen LogP contribution in [0, 0.1) is 17.0 Å². The first-order valence-corrected chi connectivity index (χ1v) is 8.79. The molecule has 28 heavy (non-hydrogen) atoms. The Morgan fingerprint density at radius 1 is 1.39 bits per heavy atom. The highest BCUT2D eigenvalue weighted by atomic mass is 35.5. The minimum atomic E-state index is -0.995. The quantitative estimate of drug-likeness (QED) is 0.618. The van der Waals surface area contributed by atoms with Gasteiger partial charge in [-0.1, -0.05) is 17.7 Å². The number of carbonyl (C=O) groups is 2. The van der Waals surface area contributed by atoms with E-state index in [4.69, 9.17) is 16.3 Å². The predicted octanol–water partition coefficient (Wildman–Crippen LogP) is 3.09. The highest BCUT2D eigenvalue weighted by Crippen LogP contribution is 2.35. The Hall–Kier alpha value is -3.20. The molecule has 0 radical (unpaired) electrons. The summed E-state index contributed by atoms with van der Waals surface area (Å²) in [5.41, 5.74) is 1.19. The minimum absolute atomic E-state index is 0.0669. The van der Waals surface area contributed by atoms with Gasteiger partial charge in [0.2, 0.25) is 5.91 Å². The van der Waals surface area contributed by atoms with Crippen LogP contribution in [0.3, 0.4) is 0 Å². The average Bonchev–Trinajstić information content (AvgIpc) is 2.65. The van der Waals surface area contributed by atoms with Gasteiger partial charge in [0.1, 0.15) is 6.04 Å². The van der Waals surface area contributed by atoms with E-state index in [1.54, 1.807) is 25.1 Å². The van der Waals surface area contributed by atoms with Gasteiger partial charge in [0, 0.05) is 16.8 Å². The maximum atomic E-state index is 12.8. The van der Waals surface area contributed by atoms with Gasteiger partial charge in [0.15, 0.2) is 11.9 Å². The zero-order chi connectivity index (χ0) is 20.6. The average molecular weight is 405 g/mol. The Balaban J connectivity index is 1.96. The van der Waals surface area contributed by atoms with Crippen LogP contribution in [0.1, 0.15) is 19.4 Å². The molecule has 9 nitrogen and oxygen atoms in total. The summed E-state index contributed by atoms with van der Waals surface area (Å²) in [7, 11) is 0. The van der Waals surface area contributed by atoms with Crippen molar-refractivity contribution < 1.29 is 19.2 Å². The van der Waals surface area contributed by atoms with Crippen LogP contribution in [0.25, 0.3) is 0 Å². The minimum Gasteiger partial charge on any atom is -0.475 e. The molecular weight excluding hydrogens is 388 g/mol. The molecule has 2 unspecified atom stereocenters. The van der Waals surface area contributed by atoms with Crippen LogP contribution in [0.2, 0.25) is 5.02 Å². The molecule has 0 fully saturated rings. The molecule has 2 aromatic rings. The summed E-state index contributed by atoms with van der Waals surface area (Å²) in [5, 5.41) is 14.3. The van der Waals surface area contributed by atoms with Crippen molar-refractivity contribution in [3.8, 4) is 5.75 Å². The molecule has 1 aliphatic heterocycles. The Kier molecular flexibility index (Phi) is 5.19. The monoisotopic (exact) mass is 404 g/mol. The lowest BCUT2D eigenvalue weighted by Crippen LogP contribution is -2.53. The number of ether oxygens (including phenoxy) is 1. The number of pyridine rings is 1. The number of rotatable bonds is 4. The van der Waals surface area contributed by atoms with Crippen molar-refractivity contribution in [3.05, 3.63) is 51.0 Å². The molecule has 0 bridgehead atoms. The third-order valence-electron chi connectivity index (χ3n) is 4.42. The number of nitrogens with zero attached hydrogens (tertiary/aromatic N) is 3. The molecule has 2 amide bonds. The third-order valence-corrected chi connectivity index (χ3v) is 4.83. The van der Waals surface area contributed by atoms with E-state index >= 15 is 0 Å². The van der Waals surface area contributed by atoms with Crippen molar-refractivity contribution in [2.45, 2.75) is 32.9 Å². The smallest absolute Gasteiger partial charge is 0.366 e. The molecule has 1 aromatic carbocycles. The van der Waals surface area contributed by atoms with Crippen LogP contribution in [-0.2, 0) is 9.59 Å². The van der Waals surface area contributed by atoms with Gasteiger partial charge in [0.25, 0.3) is 11.7 Å². The molecule has 0 saturated carbocycles. The number of nitro groups is 1. The lowest BCUT2D eigenvalue weighted by molar-refractivity contribution is -0.389. The number of fused-ring (bicyclic) bond motifs is 1. The van der Waals surface area contributed by atoms with Crippen LogP contribution in [-0.4, -0.2) is 33.9 Å². The maximum absolute atomic E-state index is 12.8. The Morgan fingerprint density at radius 2 is 2.11 bits per heavy atom. The van der Waals surface area contributed by atoms with E-state index in [0.717, 1.165) is 4.90 Å². The first-order valence-electron chi connectivity index (χ1n) is 8.42. The summed E-state index contributed by atoms with van der Waals surface area (Å²) in [4.78, 5) is 40.9. The number of hydrogen-bond acceptors (Lipinski definition) is 6. The highest BCUT2D eigenvalue weighted by molar-refractivity contribution is 6.31. The van der Waals surface area contributed by atoms with Gasteiger partial charge in [0.05, 0.1) is 0 Å². The zero-order valence-corrected chi connectivity index (χ0v) is 16.1. The van der Waals surface area contributed by atoms with Crippen LogP contribution >= 0.6 is 11.6 Å². The standard InChI is InChI=1S/C18H17ClN4O5/c1-9-12(19)5-4-6-13(9)20-17(24)10(2)22-16-14(28-11(3)18(22)25)7-8-15(21-16)23(26)27/h4-8,10-11H,1-3H3,(H,20,24). The van der Waals surface area contributed by atoms with Gasteiger partial charge in [-0.15, -0.1) is 0 Å². The van der Waals surface area contributed by atoms with E-state index in [2.05, 4.69) is 10.3 Å². The SMILES string of the molecule is Cc1c(Cl)cccc1NC(=O)C(C)N1C(=O)C(C)Oc2ccc([N+](=O)[O-])nc21. The molecular formula is C18H17ClN4O5. The molecule has 0 saturated heterocycles. The van der Waals surface area contributed by atoms with Crippen LogP contribution < -0.4 is 15.0 Å². The molecule has 1 N–H and O–H groups in total. The van der Waals surface area contributed by atoms with E-state index in [9.17, 15) is 19.7 Å². The largest absolute Gasteiger partial charge is 0.475 e. The Labute approximate surface area is 165 Å². The van der Waals surface area contributed by atoms with Gasteiger partial charge in [-0.05, 0) is 54.4 Å². The maximum Gasteiger partial charge on any atom is 0.366 e. The fourth-order valence-electron chi connectivity index (χ4n) is 2.80. The number of amides is 2. The molecule has 0 spiro atoms. The normalized spacial score (nSPS) is 16.8. The van der Waals surface area contributed by atoms with Crippen molar-refractivity contribution >= 4 is 40.7 Å². The van der Waals surface area contributed by atoms with Gasteiger partial charge in [-0.2, -0.15) is 0 Å². The second-order valence-corrected chi connectivity index (χ2v) is 6.70. The number of benzene rings is 1. The number of anilines is 2. The van der Waals surface area contributed by atoms with Crippen LogP contribution in [0.4, 0.5) is 17.3 Å². The summed E-state index contributed by atoms with van der Waals surface area (Å²) in [6.07, 6.45) is -0.862. The number of hydrogen-bond donors (Lipinski definition) is 1. The lowest BCUT2D eigenvalue weighted by atomic mass is 10.1. The Bertz CT molecular complexity index is 980. The van der Waals surface area contributed by atoms with Crippen LogP contribution in [0.5, 0.6) is 5.75 Å². The van der Waals surface area contributed by atoms with Gasteiger partial charge < -0.3 is 20.2 Å². The summed E-state index contributed by atoms with van der Waals surface area (Å²) >= 11 is 6.08. The van der Waals surface area contributed by atoms with E-state index in [-0.39, 0.29) is 11.6 Å². The summed E-state index contributed by atoms with van der Waals surface area (Å²) in [6, 6.07) is 6.62. The number of aromatic nitrogens is 1. The third kappa shape index (κ3) is 3.48. The summed E-state index contributed by atoms with van der Waals surface area (Å²) < 4.78 is 5.47. The van der Waals surface area contributed by atoms with Crippen LogP contribution in [0.15, 0.2) is 30.3 Å². The number of carbonyl (C=O) groups excluding carboxylic acids is 2. The first-order chi connectivity index (χ1) is 13.2. The molecule has 0 aliphatic carbocycles. The fraction of sp³-hybridized carbons (Fsp3) is 0.278. The van der Waals surface area contributed by atoms with Crippen molar-refractivity contribution in [2.75, 3.05) is 10.2 Å². The zero-order valence-electron chi connectivity index (χ0n) is 15.3. The topological polar surface area (TPSA) is 115 Å². The molecule has 1 aromatic heterocycles. The lowest BCUT2D eigenvalue weighted by Gasteiger charge is -2.32. The number of nitrogens with one attached hydrogen (secondary N) is 1. The van der Waals surface area contributed by atoms with E-state index in [1.807, 2.05) is 0 Å². The second kappa shape index (κ2) is 7.43. The molecule has 10 heteroatoms. The number of halogens is 1. The fourth-order valence-corrected chi connectivity index (χ4v) is 2.98. The van der Waals surface area contributed by atoms with Crippen molar-refractivity contribution in [3.63, 3.8) is 0 Å². The summed E-state index contributed by atoms with van der Waals surface area (Å²) in [6.45, 7) is 4.80. The van der Waals surface area contributed by atoms with E-state index < -0.39 is 34.7 Å². The van der Waals surface area contributed by atoms with Crippen molar-refractivity contribution in [1.82, 2.24) is 4.98 Å².